The molecule has 5 N–H and O–H groups in total. The third kappa shape index (κ3) is 27.3. The summed E-state index contributed by atoms with van der Waals surface area (Å²) in [4.78, 5) is 84.2. The van der Waals surface area contributed by atoms with Crippen LogP contribution in [0.4, 0.5) is 0 Å². The summed E-state index contributed by atoms with van der Waals surface area (Å²) >= 11 is 0. The molecular formula is C43H74N2O11. The van der Waals surface area contributed by atoms with Gasteiger partial charge in [-0.2, -0.15) is 0 Å². The van der Waals surface area contributed by atoms with E-state index in [1.165, 1.54) is 71.3 Å². The van der Waals surface area contributed by atoms with E-state index < -0.39 is 35.8 Å². The Kier molecular flexibility index (Phi) is 29.6. The van der Waals surface area contributed by atoms with Crippen molar-refractivity contribution in [3.63, 3.8) is 0 Å². The molecule has 56 heavy (non-hydrogen) atoms. The summed E-state index contributed by atoms with van der Waals surface area (Å²) in [7, 11) is 1.50. The number of carbonyl (C=O) groups is 7. The van der Waals surface area contributed by atoms with Gasteiger partial charge in [-0.1, -0.05) is 89.9 Å². The van der Waals surface area contributed by atoms with Crippen molar-refractivity contribution in [2.75, 3.05) is 20.3 Å². The van der Waals surface area contributed by atoms with E-state index in [0.717, 1.165) is 51.4 Å². The van der Waals surface area contributed by atoms with E-state index in [1.54, 1.807) is 0 Å². The predicted octanol–water partition coefficient (Wildman–Crippen LogP) is 7.80. The number of unbranched alkanes of at least 4 members (excludes halogenated alkanes) is 15. The highest BCUT2D eigenvalue weighted by molar-refractivity contribution is 5.90. The lowest BCUT2D eigenvalue weighted by atomic mass is 9.78. The van der Waals surface area contributed by atoms with E-state index in [2.05, 4.69) is 10.6 Å². The van der Waals surface area contributed by atoms with E-state index in [-0.39, 0.29) is 67.8 Å². The van der Waals surface area contributed by atoms with Gasteiger partial charge < -0.3 is 30.7 Å². The second kappa shape index (κ2) is 32.7. The summed E-state index contributed by atoms with van der Waals surface area (Å²) < 4.78 is 4.95. The third-order valence-corrected chi connectivity index (χ3v) is 11.1. The normalized spacial score (nSPS) is 16.4. The zero-order valence-corrected chi connectivity index (χ0v) is 34.3. The van der Waals surface area contributed by atoms with Crippen LogP contribution in [0.15, 0.2) is 0 Å². The van der Waals surface area contributed by atoms with Gasteiger partial charge in [-0.05, 0) is 63.7 Å². The molecule has 13 heteroatoms. The summed E-state index contributed by atoms with van der Waals surface area (Å²) in [6.45, 7) is 0.939. The van der Waals surface area contributed by atoms with E-state index >= 15 is 0 Å². The highest BCUT2D eigenvalue weighted by Crippen LogP contribution is 2.31. The predicted molar refractivity (Wildman–Crippen MR) is 214 cm³/mol. The summed E-state index contributed by atoms with van der Waals surface area (Å²) in [5, 5.41) is 33.1. The summed E-state index contributed by atoms with van der Waals surface area (Å²) in [6, 6.07) is -0.981. The van der Waals surface area contributed by atoms with Crippen molar-refractivity contribution >= 4 is 41.3 Å². The van der Waals surface area contributed by atoms with Crippen LogP contribution in [0, 0.1) is 17.8 Å². The second-order valence-electron chi connectivity index (χ2n) is 15.9. The molecule has 1 aliphatic rings. The molecule has 0 aromatic rings. The van der Waals surface area contributed by atoms with Crippen LogP contribution in [-0.4, -0.2) is 82.9 Å². The molecule has 0 radical (unpaired) electrons. The number of aliphatic carboxylic acids is 3. The Bertz CT molecular complexity index is 1150. The monoisotopic (exact) mass is 795 g/mol. The van der Waals surface area contributed by atoms with Gasteiger partial charge >= 0.3 is 17.9 Å². The van der Waals surface area contributed by atoms with Crippen molar-refractivity contribution in [2.45, 2.75) is 192 Å². The summed E-state index contributed by atoms with van der Waals surface area (Å²) in [6.07, 6.45) is 22.1. The lowest BCUT2D eigenvalue weighted by molar-refractivity contribution is -0.145. The quantitative estimate of drug-likeness (QED) is 0.0383. The Morgan fingerprint density at radius 3 is 1.55 bits per heavy atom. The minimum absolute atomic E-state index is 0.0633. The fourth-order valence-electron chi connectivity index (χ4n) is 7.51. The van der Waals surface area contributed by atoms with Crippen molar-refractivity contribution in [1.82, 2.24) is 10.6 Å². The Balaban J connectivity index is 2.16. The third-order valence-electron chi connectivity index (χ3n) is 11.1. The lowest BCUT2D eigenvalue weighted by Gasteiger charge is -2.28. The molecule has 1 rings (SSSR count). The van der Waals surface area contributed by atoms with E-state index in [9.17, 15) is 38.7 Å². The summed E-state index contributed by atoms with van der Waals surface area (Å²) in [5.41, 5.74) is 0. The number of carboxylic acid groups (broad SMARTS) is 3. The fraction of sp³-hybridized carbons (Fsp3) is 0.837. The SMILES string of the molecule is COCCCC(=O)[C@H](CCC(=O)O)NC(=O)CC[C@H](CC(=O)C1CCC(CNC(=O)CCCCCCCCCCCCCCCCCCC(=O)O)CC1)C(=O)O. The molecule has 0 aromatic carbocycles. The Labute approximate surface area is 335 Å². The molecule has 0 spiro atoms. The van der Waals surface area contributed by atoms with E-state index in [1.807, 2.05) is 0 Å². The molecule has 0 heterocycles. The first kappa shape index (κ1) is 50.7. The smallest absolute Gasteiger partial charge is 0.306 e. The Morgan fingerprint density at radius 2 is 1.07 bits per heavy atom. The number of amides is 2. The number of hydrogen-bond acceptors (Lipinski definition) is 8. The van der Waals surface area contributed by atoms with Crippen LogP contribution < -0.4 is 10.6 Å². The average molecular weight is 795 g/mol. The molecular weight excluding hydrogens is 720 g/mol. The number of methoxy groups -OCH3 is 1. The van der Waals surface area contributed by atoms with Gasteiger partial charge in [0.25, 0.3) is 0 Å². The van der Waals surface area contributed by atoms with Crippen LogP contribution in [0.1, 0.15) is 186 Å². The van der Waals surface area contributed by atoms with Crippen molar-refractivity contribution < 1.29 is 53.6 Å². The first-order valence-corrected chi connectivity index (χ1v) is 21.7. The van der Waals surface area contributed by atoms with Crippen molar-refractivity contribution in [3.05, 3.63) is 0 Å². The number of carbonyl (C=O) groups excluding carboxylic acids is 4. The van der Waals surface area contributed by atoms with E-state index in [4.69, 9.17) is 14.9 Å². The Hall–Kier alpha value is -3.35. The molecule has 0 saturated heterocycles. The van der Waals surface area contributed by atoms with Crippen LogP contribution in [-0.2, 0) is 38.3 Å². The molecule has 1 aliphatic carbocycles. The topological polar surface area (TPSA) is 213 Å². The second-order valence-corrected chi connectivity index (χ2v) is 15.9. The Morgan fingerprint density at radius 1 is 0.571 bits per heavy atom. The molecule has 1 saturated carbocycles. The van der Waals surface area contributed by atoms with Gasteiger partial charge in [0.15, 0.2) is 5.78 Å². The minimum atomic E-state index is -1.16. The largest absolute Gasteiger partial charge is 0.481 e. The zero-order chi connectivity index (χ0) is 41.4. The van der Waals surface area contributed by atoms with Crippen LogP contribution in [0.2, 0.25) is 0 Å². The number of hydrogen-bond donors (Lipinski definition) is 5. The van der Waals surface area contributed by atoms with Gasteiger partial charge in [-0.15, -0.1) is 0 Å². The molecule has 0 unspecified atom stereocenters. The van der Waals surface area contributed by atoms with Crippen LogP contribution in [0.5, 0.6) is 0 Å². The first-order valence-electron chi connectivity index (χ1n) is 21.7. The molecule has 13 nitrogen and oxygen atoms in total. The summed E-state index contributed by atoms with van der Waals surface area (Å²) in [5.74, 6) is -4.85. The number of nitrogens with one attached hydrogen (secondary N) is 2. The number of carboxylic acids is 3. The van der Waals surface area contributed by atoms with Crippen LogP contribution in [0.25, 0.3) is 0 Å². The van der Waals surface area contributed by atoms with Gasteiger partial charge in [-0.25, -0.2) is 0 Å². The maximum Gasteiger partial charge on any atom is 0.306 e. The first-order chi connectivity index (χ1) is 26.9. The number of ketones is 2. The van der Waals surface area contributed by atoms with Gasteiger partial charge in [0.1, 0.15) is 5.78 Å². The van der Waals surface area contributed by atoms with Crippen LogP contribution in [0.3, 0.4) is 0 Å². The van der Waals surface area contributed by atoms with Gasteiger partial charge in [0.2, 0.25) is 11.8 Å². The highest BCUT2D eigenvalue weighted by atomic mass is 16.5. The number of Topliss-reactive ketones (excluding diaryl/α,β-unsaturated/α-hetero) is 2. The van der Waals surface area contributed by atoms with Gasteiger partial charge in [0, 0.05) is 64.7 Å². The van der Waals surface area contributed by atoms with E-state index in [0.29, 0.717) is 45.3 Å². The zero-order valence-electron chi connectivity index (χ0n) is 34.3. The maximum absolute atomic E-state index is 13.1. The lowest BCUT2D eigenvalue weighted by Crippen LogP contribution is -2.41. The molecule has 0 bridgehead atoms. The molecule has 0 aromatic heterocycles. The molecule has 2 atom stereocenters. The van der Waals surface area contributed by atoms with Crippen LogP contribution >= 0.6 is 0 Å². The molecule has 2 amide bonds. The highest BCUT2D eigenvalue weighted by Gasteiger charge is 2.31. The minimum Gasteiger partial charge on any atom is -0.481 e. The molecule has 1 fully saturated rings. The number of ether oxygens (including phenoxy) is 1. The van der Waals surface area contributed by atoms with Crippen molar-refractivity contribution in [1.29, 1.82) is 0 Å². The average Bonchev–Trinajstić information content (AvgIpc) is 3.16. The number of rotatable bonds is 37. The van der Waals surface area contributed by atoms with Crippen molar-refractivity contribution in [2.24, 2.45) is 17.8 Å². The van der Waals surface area contributed by atoms with Gasteiger partial charge in [0.05, 0.1) is 12.0 Å². The van der Waals surface area contributed by atoms with Gasteiger partial charge in [-0.3, -0.25) is 33.6 Å². The standard InChI is InChI=1S/C43H74N2O11/c1-56-30-18-19-37(46)36(27-29-42(52)53)45-40(49)28-26-35(43(54)55)31-38(47)34-24-22-33(23-25-34)32-44-39(48)20-16-14-12-10-8-6-4-2-3-5-7-9-11-13-15-17-21-41(50)51/h33-36H,2-32H2,1H3,(H,44,48)(H,45,49)(H,50,51)(H,52,53)(H,54,55)/t33?,34?,35-,36+/m1/s1. The fourth-order valence-corrected chi connectivity index (χ4v) is 7.51. The molecule has 322 valence electrons. The maximum atomic E-state index is 13.1. The van der Waals surface area contributed by atoms with Crippen molar-refractivity contribution in [3.8, 4) is 0 Å². The molecule has 0 aliphatic heterocycles.